The monoisotopic (exact) mass is 412 g/mol. The number of pyridine rings is 2. The molecule has 1 atom stereocenters. The van der Waals surface area contributed by atoms with Crippen LogP contribution in [0.1, 0.15) is 35.0 Å². The number of hydrogen-bond acceptors (Lipinski definition) is 5. The van der Waals surface area contributed by atoms with E-state index in [-0.39, 0.29) is 23.5 Å². The van der Waals surface area contributed by atoms with Gasteiger partial charge in [0.05, 0.1) is 24.4 Å². The molecule has 150 valence electrons. The van der Waals surface area contributed by atoms with Crippen molar-refractivity contribution in [2.24, 2.45) is 0 Å². The molecule has 7 nitrogen and oxygen atoms in total. The Labute approximate surface area is 173 Å². The second-order valence-corrected chi connectivity index (χ2v) is 7.72. The second-order valence-electron chi connectivity index (χ2n) is 7.33. The predicted octanol–water partition coefficient (Wildman–Crippen LogP) is 2.78. The van der Waals surface area contributed by atoms with E-state index in [9.17, 15) is 9.59 Å². The summed E-state index contributed by atoms with van der Waals surface area (Å²) < 4.78 is 6.33. The third-order valence-electron chi connectivity index (χ3n) is 5.26. The van der Waals surface area contributed by atoms with Gasteiger partial charge >= 0.3 is 0 Å². The Hall–Kier alpha value is -2.77. The van der Waals surface area contributed by atoms with Gasteiger partial charge in [-0.2, -0.15) is 0 Å². The fraction of sp³-hybridized carbons (Fsp3) is 0.333. The predicted molar refractivity (Wildman–Crippen MR) is 108 cm³/mol. The van der Waals surface area contributed by atoms with Crippen LogP contribution in [0.25, 0.3) is 11.3 Å². The number of aromatic nitrogens is 2. The van der Waals surface area contributed by atoms with Crippen molar-refractivity contribution < 1.29 is 14.3 Å². The maximum absolute atomic E-state index is 12.2. The van der Waals surface area contributed by atoms with Crippen molar-refractivity contribution in [2.75, 3.05) is 20.1 Å². The van der Waals surface area contributed by atoms with Crippen molar-refractivity contribution in [3.8, 4) is 11.3 Å². The summed E-state index contributed by atoms with van der Waals surface area (Å²) in [4.78, 5) is 34.4. The highest BCUT2D eigenvalue weighted by Crippen LogP contribution is 2.47. The van der Waals surface area contributed by atoms with Gasteiger partial charge in [0, 0.05) is 18.8 Å². The second kappa shape index (κ2) is 7.57. The van der Waals surface area contributed by atoms with Gasteiger partial charge in [-0.05, 0) is 48.7 Å². The maximum Gasteiger partial charge on any atom is 0.269 e. The van der Waals surface area contributed by atoms with Crippen molar-refractivity contribution in [3.63, 3.8) is 0 Å². The van der Waals surface area contributed by atoms with E-state index in [1.54, 1.807) is 36.3 Å². The molecule has 1 aliphatic carbocycles. The molecule has 1 saturated carbocycles. The van der Waals surface area contributed by atoms with E-state index in [1.165, 1.54) is 6.08 Å². The molecular formula is C21H21ClN4O3. The lowest BCUT2D eigenvalue weighted by Gasteiger charge is -2.38. The van der Waals surface area contributed by atoms with E-state index in [2.05, 4.69) is 21.9 Å². The largest absolute Gasteiger partial charge is 0.363 e. The molecule has 0 aromatic carbocycles. The maximum atomic E-state index is 12.2. The minimum Gasteiger partial charge on any atom is -0.363 e. The van der Waals surface area contributed by atoms with Gasteiger partial charge in [-0.15, -0.1) is 0 Å². The molecule has 0 bridgehead atoms. The van der Waals surface area contributed by atoms with Crippen LogP contribution in [0, 0.1) is 0 Å². The van der Waals surface area contributed by atoms with Crippen LogP contribution in [0.2, 0.25) is 5.15 Å². The van der Waals surface area contributed by atoms with Crippen LogP contribution >= 0.6 is 11.6 Å². The van der Waals surface area contributed by atoms with Crippen LogP contribution in [0.15, 0.2) is 43.1 Å². The van der Waals surface area contributed by atoms with Crippen LogP contribution in [0.4, 0.5) is 0 Å². The van der Waals surface area contributed by atoms with E-state index < -0.39 is 0 Å². The highest BCUT2D eigenvalue weighted by Gasteiger charge is 2.51. The molecule has 1 spiro atoms. The molecular weight excluding hydrogens is 392 g/mol. The minimum absolute atomic E-state index is 0.102. The lowest BCUT2D eigenvalue weighted by molar-refractivity contribution is -0.145. The van der Waals surface area contributed by atoms with E-state index in [4.69, 9.17) is 16.3 Å². The summed E-state index contributed by atoms with van der Waals surface area (Å²) in [7, 11) is 1.55. The number of halogens is 1. The van der Waals surface area contributed by atoms with Gasteiger partial charge < -0.3 is 15.0 Å². The third-order valence-corrected chi connectivity index (χ3v) is 5.45. The summed E-state index contributed by atoms with van der Waals surface area (Å²) in [5.41, 5.74) is 2.19. The highest BCUT2D eigenvalue weighted by atomic mass is 35.5. The number of amides is 2. The standard InChI is InChI=1S/C21H21ClN4O3/c1-3-19(27)26-11-17(29-21(12-26)5-6-21)14-9-15(25-18(22)10-14)13-4-7-24-16(8-13)20(28)23-2/h3-4,7-10,17H,1,5-6,11-12H2,2H3,(H,23,28). The number of ether oxygens (including phenoxy) is 1. The summed E-state index contributed by atoms with van der Waals surface area (Å²) in [6, 6.07) is 7.08. The van der Waals surface area contributed by atoms with E-state index >= 15 is 0 Å². The fourth-order valence-corrected chi connectivity index (χ4v) is 3.78. The van der Waals surface area contributed by atoms with Crippen LogP contribution in [0.5, 0.6) is 0 Å². The van der Waals surface area contributed by atoms with Gasteiger partial charge in [-0.3, -0.25) is 14.6 Å². The topological polar surface area (TPSA) is 84.4 Å². The molecule has 2 aliphatic rings. The van der Waals surface area contributed by atoms with Gasteiger partial charge in [0.1, 0.15) is 17.0 Å². The smallest absolute Gasteiger partial charge is 0.269 e. The van der Waals surface area contributed by atoms with Crippen LogP contribution < -0.4 is 5.32 Å². The Morgan fingerprint density at radius 1 is 1.38 bits per heavy atom. The number of morpholine rings is 1. The van der Waals surface area contributed by atoms with Gasteiger partial charge in [0.25, 0.3) is 5.91 Å². The van der Waals surface area contributed by atoms with Crippen LogP contribution in [0.3, 0.4) is 0 Å². The lowest BCUT2D eigenvalue weighted by Crippen LogP contribution is -2.47. The first-order valence-electron chi connectivity index (χ1n) is 9.38. The molecule has 1 saturated heterocycles. The zero-order chi connectivity index (χ0) is 20.6. The Bertz CT molecular complexity index is 990. The zero-order valence-corrected chi connectivity index (χ0v) is 16.8. The molecule has 29 heavy (non-hydrogen) atoms. The summed E-state index contributed by atoms with van der Waals surface area (Å²) in [5.74, 6) is -0.381. The average molecular weight is 413 g/mol. The molecule has 3 heterocycles. The zero-order valence-electron chi connectivity index (χ0n) is 16.0. The minimum atomic E-state index is -0.311. The van der Waals surface area contributed by atoms with Crippen molar-refractivity contribution in [2.45, 2.75) is 24.5 Å². The van der Waals surface area contributed by atoms with E-state index in [1.807, 2.05) is 6.07 Å². The number of hydrogen-bond donors (Lipinski definition) is 1. The number of nitrogens with zero attached hydrogens (tertiary/aromatic N) is 3. The number of nitrogens with one attached hydrogen (secondary N) is 1. The highest BCUT2D eigenvalue weighted by molar-refractivity contribution is 6.29. The van der Waals surface area contributed by atoms with Gasteiger partial charge in [-0.1, -0.05) is 18.2 Å². The van der Waals surface area contributed by atoms with Crippen LogP contribution in [-0.4, -0.2) is 52.4 Å². The molecule has 2 amide bonds. The molecule has 2 aromatic rings. The molecule has 2 aromatic heterocycles. The molecule has 2 fully saturated rings. The van der Waals surface area contributed by atoms with E-state index in [0.717, 1.165) is 24.0 Å². The molecule has 0 radical (unpaired) electrons. The summed E-state index contributed by atoms with van der Waals surface area (Å²) in [6.07, 6.45) is 4.44. The molecule has 1 N–H and O–H groups in total. The van der Waals surface area contributed by atoms with Crippen molar-refractivity contribution >= 4 is 23.4 Å². The first kappa shape index (κ1) is 19.5. The van der Waals surface area contributed by atoms with E-state index in [0.29, 0.717) is 29.6 Å². The summed E-state index contributed by atoms with van der Waals surface area (Å²) >= 11 is 6.30. The lowest BCUT2D eigenvalue weighted by atomic mass is 10.0. The molecule has 1 unspecified atom stereocenters. The Balaban J connectivity index is 1.67. The quantitative estimate of drug-likeness (QED) is 0.616. The molecule has 1 aliphatic heterocycles. The number of carbonyl (C=O) groups is 2. The number of rotatable bonds is 4. The molecule has 8 heteroatoms. The van der Waals surface area contributed by atoms with Crippen molar-refractivity contribution in [1.29, 1.82) is 0 Å². The van der Waals surface area contributed by atoms with Crippen molar-refractivity contribution in [1.82, 2.24) is 20.2 Å². The Morgan fingerprint density at radius 2 is 2.17 bits per heavy atom. The Morgan fingerprint density at radius 3 is 2.86 bits per heavy atom. The first-order chi connectivity index (χ1) is 13.9. The SMILES string of the molecule is C=CC(=O)N1CC(c2cc(Cl)nc(-c3ccnc(C(=O)NC)c3)c2)OC2(CC2)C1. The van der Waals surface area contributed by atoms with Gasteiger partial charge in [-0.25, -0.2) is 4.98 Å². The number of carbonyl (C=O) groups excluding carboxylic acids is 2. The summed E-state index contributed by atoms with van der Waals surface area (Å²) in [6.45, 7) is 4.60. The normalized spacial score (nSPS) is 19.7. The van der Waals surface area contributed by atoms with Gasteiger partial charge in [0.2, 0.25) is 5.91 Å². The average Bonchev–Trinajstić information content (AvgIpc) is 3.49. The van der Waals surface area contributed by atoms with Gasteiger partial charge in [0.15, 0.2) is 0 Å². The third kappa shape index (κ3) is 4.02. The van der Waals surface area contributed by atoms with Crippen LogP contribution in [-0.2, 0) is 9.53 Å². The molecule has 4 rings (SSSR count). The summed E-state index contributed by atoms with van der Waals surface area (Å²) in [5, 5.41) is 2.87. The van der Waals surface area contributed by atoms with Crippen molar-refractivity contribution in [3.05, 3.63) is 59.5 Å². The fourth-order valence-electron chi connectivity index (χ4n) is 3.57. The first-order valence-corrected chi connectivity index (χ1v) is 9.76. The Kier molecular flexibility index (Phi) is 5.10.